The van der Waals surface area contributed by atoms with E-state index in [9.17, 15) is 13.2 Å². The van der Waals surface area contributed by atoms with Crippen LogP contribution < -0.4 is 0 Å². The van der Waals surface area contributed by atoms with E-state index < -0.39 is 10.0 Å². The van der Waals surface area contributed by atoms with Crippen LogP contribution in [0.1, 0.15) is 37.7 Å². The lowest BCUT2D eigenvalue weighted by Crippen LogP contribution is -2.40. The fourth-order valence-electron chi connectivity index (χ4n) is 4.39. The summed E-state index contributed by atoms with van der Waals surface area (Å²) >= 11 is 0. The first kappa shape index (κ1) is 21.1. The predicted molar refractivity (Wildman–Crippen MR) is 114 cm³/mol. The van der Waals surface area contributed by atoms with Crippen molar-refractivity contribution >= 4 is 15.9 Å². The number of sulfonamides is 1. The molecule has 1 aromatic heterocycles. The highest BCUT2D eigenvalue weighted by molar-refractivity contribution is 7.89. The molecule has 1 aromatic carbocycles. The van der Waals surface area contributed by atoms with Gasteiger partial charge < -0.3 is 9.47 Å². The van der Waals surface area contributed by atoms with Gasteiger partial charge >= 0.3 is 0 Å². The van der Waals surface area contributed by atoms with Crippen LogP contribution in [0.15, 0.2) is 47.9 Å². The van der Waals surface area contributed by atoms with Crippen molar-refractivity contribution in [1.29, 1.82) is 0 Å². The second-order valence-corrected chi connectivity index (χ2v) is 10.2. The third-order valence-corrected chi connectivity index (χ3v) is 7.97. The van der Waals surface area contributed by atoms with Crippen LogP contribution >= 0.6 is 0 Å². The number of benzene rings is 1. The second kappa shape index (κ2) is 9.31. The molecule has 2 aliphatic heterocycles. The summed E-state index contributed by atoms with van der Waals surface area (Å²) in [4.78, 5) is 18.7. The van der Waals surface area contributed by atoms with Crippen molar-refractivity contribution in [2.24, 2.45) is 5.92 Å². The number of hydrogen-bond acceptors (Lipinski definition) is 4. The number of aromatic nitrogens is 2. The Kier molecular flexibility index (Phi) is 6.53. The molecule has 7 nitrogen and oxygen atoms in total. The molecule has 0 atom stereocenters. The molecule has 0 radical (unpaired) electrons. The van der Waals surface area contributed by atoms with Crippen molar-refractivity contribution < 1.29 is 13.2 Å². The summed E-state index contributed by atoms with van der Waals surface area (Å²) in [5.74, 6) is 0.624. The fourth-order valence-corrected chi connectivity index (χ4v) is 5.84. The molecule has 2 saturated heterocycles. The SMILES string of the molecule is O=C(Cn1cnc(S(=O)(=O)N2CCCCC2)c1)N1CCC(Cc2ccccc2)CC1. The maximum atomic E-state index is 12.7. The van der Waals surface area contributed by atoms with E-state index in [2.05, 4.69) is 29.2 Å². The minimum atomic E-state index is -3.56. The van der Waals surface area contributed by atoms with E-state index in [1.807, 2.05) is 11.0 Å². The van der Waals surface area contributed by atoms with Gasteiger partial charge in [-0.15, -0.1) is 0 Å². The van der Waals surface area contributed by atoms with Gasteiger partial charge in [-0.2, -0.15) is 4.31 Å². The number of hydrogen-bond donors (Lipinski definition) is 0. The van der Waals surface area contributed by atoms with Crippen molar-refractivity contribution in [3.63, 3.8) is 0 Å². The number of nitrogens with zero attached hydrogens (tertiary/aromatic N) is 4. The van der Waals surface area contributed by atoms with Crippen LogP contribution in [0, 0.1) is 5.92 Å². The van der Waals surface area contributed by atoms with Gasteiger partial charge in [0, 0.05) is 32.4 Å². The molecular weight excluding hydrogens is 400 g/mol. The van der Waals surface area contributed by atoms with Gasteiger partial charge in [-0.3, -0.25) is 4.79 Å². The molecule has 8 heteroatoms. The largest absolute Gasteiger partial charge is 0.341 e. The highest BCUT2D eigenvalue weighted by atomic mass is 32.2. The molecule has 162 valence electrons. The molecule has 1 amide bonds. The summed E-state index contributed by atoms with van der Waals surface area (Å²) in [6.07, 6.45) is 8.84. The van der Waals surface area contributed by atoms with Gasteiger partial charge in [0.15, 0.2) is 5.03 Å². The summed E-state index contributed by atoms with van der Waals surface area (Å²) in [5, 5.41) is 0.0405. The Morgan fingerprint density at radius 1 is 1.00 bits per heavy atom. The number of imidazole rings is 1. The smallest absolute Gasteiger partial charge is 0.262 e. The molecule has 0 aliphatic carbocycles. The normalized spacial score (nSPS) is 19.1. The molecule has 2 fully saturated rings. The van der Waals surface area contributed by atoms with Gasteiger partial charge in [0.1, 0.15) is 6.54 Å². The average molecular weight is 431 g/mol. The van der Waals surface area contributed by atoms with Crippen LogP contribution in [0.25, 0.3) is 0 Å². The quantitative estimate of drug-likeness (QED) is 0.706. The Bertz CT molecular complexity index is 944. The topological polar surface area (TPSA) is 75.5 Å². The molecule has 0 N–H and O–H groups in total. The number of carbonyl (C=O) groups excluding carboxylic acids is 1. The molecule has 4 rings (SSSR count). The van der Waals surface area contributed by atoms with Crippen molar-refractivity contribution in [2.75, 3.05) is 26.2 Å². The van der Waals surface area contributed by atoms with E-state index in [0.717, 1.165) is 51.6 Å². The van der Waals surface area contributed by atoms with Gasteiger partial charge in [0.2, 0.25) is 5.91 Å². The van der Waals surface area contributed by atoms with Gasteiger partial charge in [-0.05, 0) is 43.6 Å². The maximum Gasteiger partial charge on any atom is 0.262 e. The van der Waals surface area contributed by atoms with Crippen LogP contribution in [-0.2, 0) is 27.8 Å². The zero-order chi connectivity index (χ0) is 21.0. The van der Waals surface area contributed by atoms with Crippen molar-refractivity contribution in [2.45, 2.75) is 50.1 Å². The lowest BCUT2D eigenvalue weighted by molar-refractivity contribution is -0.133. The maximum absolute atomic E-state index is 12.7. The van der Waals surface area contributed by atoms with E-state index in [-0.39, 0.29) is 17.5 Å². The molecule has 0 spiro atoms. The number of carbonyl (C=O) groups is 1. The number of likely N-dealkylation sites (tertiary alicyclic amines) is 1. The lowest BCUT2D eigenvalue weighted by atomic mass is 9.90. The zero-order valence-corrected chi connectivity index (χ0v) is 18.1. The molecule has 30 heavy (non-hydrogen) atoms. The molecule has 2 aliphatic rings. The van der Waals surface area contributed by atoms with Crippen molar-refractivity contribution in [3.8, 4) is 0 Å². The molecule has 0 bridgehead atoms. The van der Waals surface area contributed by atoms with Gasteiger partial charge in [-0.1, -0.05) is 36.8 Å². The first-order chi connectivity index (χ1) is 14.5. The highest BCUT2D eigenvalue weighted by Gasteiger charge is 2.28. The van der Waals surface area contributed by atoms with Crippen molar-refractivity contribution in [3.05, 3.63) is 48.4 Å². The zero-order valence-electron chi connectivity index (χ0n) is 17.3. The molecule has 3 heterocycles. The third-order valence-electron chi connectivity index (χ3n) is 6.18. The predicted octanol–water partition coefficient (Wildman–Crippen LogP) is 2.54. The molecule has 0 unspecified atom stereocenters. The van der Waals surface area contributed by atoms with Crippen LogP contribution in [0.5, 0.6) is 0 Å². The Morgan fingerprint density at radius 2 is 1.70 bits per heavy atom. The minimum Gasteiger partial charge on any atom is -0.341 e. The molecular formula is C22H30N4O3S. The van der Waals surface area contributed by atoms with Gasteiger partial charge in [0.05, 0.1) is 6.33 Å². The van der Waals surface area contributed by atoms with E-state index in [1.165, 1.54) is 22.4 Å². The Morgan fingerprint density at radius 3 is 2.40 bits per heavy atom. The molecule has 0 saturated carbocycles. The number of amides is 1. The van der Waals surface area contributed by atoms with Gasteiger partial charge in [0.25, 0.3) is 10.0 Å². The second-order valence-electron chi connectivity index (χ2n) is 8.36. The number of piperidine rings is 2. The van der Waals surface area contributed by atoms with Crippen LogP contribution in [0.4, 0.5) is 0 Å². The summed E-state index contributed by atoms with van der Waals surface area (Å²) in [6, 6.07) is 10.5. The van der Waals surface area contributed by atoms with Crippen LogP contribution in [0.3, 0.4) is 0 Å². The van der Waals surface area contributed by atoms with E-state index in [4.69, 9.17) is 0 Å². The summed E-state index contributed by atoms with van der Waals surface area (Å²) in [5.41, 5.74) is 1.35. The average Bonchev–Trinajstić information content (AvgIpc) is 3.25. The van der Waals surface area contributed by atoms with Gasteiger partial charge in [-0.25, -0.2) is 13.4 Å². The minimum absolute atomic E-state index is 0.0208. The standard InChI is InChI=1S/C22H30N4O3S/c27-22(25-13-9-20(10-14-25)15-19-7-3-1-4-8-19)17-24-16-21(23-18-24)30(28,29)26-11-5-2-6-12-26/h1,3-4,7-8,16,18,20H,2,5-6,9-15,17H2. The fraction of sp³-hybridized carbons (Fsp3) is 0.545. The third kappa shape index (κ3) is 4.92. The van der Waals surface area contributed by atoms with E-state index >= 15 is 0 Å². The Hall–Kier alpha value is -2.19. The highest BCUT2D eigenvalue weighted by Crippen LogP contribution is 2.22. The molecule has 2 aromatic rings. The lowest BCUT2D eigenvalue weighted by Gasteiger charge is -2.32. The van der Waals surface area contributed by atoms with Crippen LogP contribution in [0.2, 0.25) is 0 Å². The van der Waals surface area contributed by atoms with E-state index in [1.54, 1.807) is 4.57 Å². The van der Waals surface area contributed by atoms with Crippen LogP contribution in [-0.4, -0.2) is 59.3 Å². The van der Waals surface area contributed by atoms with Crippen molar-refractivity contribution in [1.82, 2.24) is 18.8 Å². The first-order valence-corrected chi connectivity index (χ1v) is 12.3. The first-order valence-electron chi connectivity index (χ1n) is 10.9. The monoisotopic (exact) mass is 430 g/mol. The Labute approximate surface area is 178 Å². The summed E-state index contributed by atoms with van der Waals surface area (Å²) in [7, 11) is -3.56. The Balaban J connectivity index is 1.30. The van der Waals surface area contributed by atoms with E-state index in [0.29, 0.717) is 19.0 Å². The summed E-state index contributed by atoms with van der Waals surface area (Å²) in [6.45, 7) is 2.73. The summed E-state index contributed by atoms with van der Waals surface area (Å²) < 4.78 is 28.6. The number of rotatable bonds is 6.